The average Bonchev–Trinajstić information content (AvgIpc) is 2.57. The van der Waals surface area contributed by atoms with Crippen molar-refractivity contribution in [2.45, 2.75) is 26.8 Å². The van der Waals surface area contributed by atoms with Crippen molar-refractivity contribution in [3.05, 3.63) is 65.5 Å². The third kappa shape index (κ3) is 4.09. The molecule has 0 aliphatic heterocycles. The highest BCUT2D eigenvalue weighted by molar-refractivity contribution is 5.86. The maximum atomic E-state index is 13.8. The highest BCUT2D eigenvalue weighted by Gasteiger charge is 2.24. The van der Waals surface area contributed by atoms with Crippen molar-refractivity contribution in [2.75, 3.05) is 18.4 Å². The largest absolute Gasteiger partial charge is 0.370 e. The van der Waals surface area contributed by atoms with Crippen molar-refractivity contribution in [2.24, 2.45) is 0 Å². The van der Waals surface area contributed by atoms with Crippen molar-refractivity contribution in [1.82, 2.24) is 4.90 Å². The van der Waals surface area contributed by atoms with Crippen LogP contribution in [0.1, 0.15) is 31.0 Å². The third-order valence-corrected chi connectivity index (χ3v) is 3.94. The number of amides is 1. The molecule has 0 radical (unpaired) electrons. The standard InChI is InChI=1S/C19H23FN2O/c1-4-22(5-2)19(23)18(15-9-7-6-8-10-15)21-16-12-11-14(3)17(20)13-16/h6-13,18,21H,4-5H2,1-3H3. The van der Waals surface area contributed by atoms with Crippen LogP contribution in [0.25, 0.3) is 0 Å². The topological polar surface area (TPSA) is 32.3 Å². The van der Waals surface area contributed by atoms with E-state index in [0.717, 1.165) is 5.56 Å². The number of nitrogens with zero attached hydrogens (tertiary/aromatic N) is 1. The van der Waals surface area contributed by atoms with Crippen molar-refractivity contribution in [3.8, 4) is 0 Å². The number of benzene rings is 2. The second kappa shape index (κ2) is 7.77. The lowest BCUT2D eigenvalue weighted by molar-refractivity contribution is -0.131. The summed E-state index contributed by atoms with van der Waals surface area (Å²) in [7, 11) is 0. The van der Waals surface area contributed by atoms with Gasteiger partial charge in [-0.15, -0.1) is 0 Å². The summed E-state index contributed by atoms with van der Waals surface area (Å²) in [5, 5.41) is 3.18. The summed E-state index contributed by atoms with van der Waals surface area (Å²) in [6.07, 6.45) is 0. The average molecular weight is 314 g/mol. The number of aryl methyl sites for hydroxylation is 1. The molecule has 2 aromatic rings. The van der Waals surface area contributed by atoms with Gasteiger partial charge in [0.05, 0.1) is 0 Å². The quantitative estimate of drug-likeness (QED) is 0.868. The van der Waals surface area contributed by atoms with Crippen LogP contribution in [-0.4, -0.2) is 23.9 Å². The number of hydrogen-bond donors (Lipinski definition) is 1. The van der Waals surface area contributed by atoms with Gasteiger partial charge < -0.3 is 10.2 Å². The summed E-state index contributed by atoms with van der Waals surface area (Å²) in [5.74, 6) is -0.292. The van der Waals surface area contributed by atoms with Crippen LogP contribution in [0.15, 0.2) is 48.5 Å². The molecule has 122 valence electrons. The van der Waals surface area contributed by atoms with E-state index in [-0.39, 0.29) is 11.7 Å². The van der Waals surface area contributed by atoms with Crippen molar-refractivity contribution in [1.29, 1.82) is 0 Å². The zero-order valence-corrected chi connectivity index (χ0v) is 13.8. The summed E-state index contributed by atoms with van der Waals surface area (Å²) in [6.45, 7) is 6.91. The van der Waals surface area contributed by atoms with Crippen LogP contribution >= 0.6 is 0 Å². The smallest absolute Gasteiger partial charge is 0.249 e. The zero-order chi connectivity index (χ0) is 16.8. The lowest BCUT2D eigenvalue weighted by atomic mass is 10.0. The SMILES string of the molecule is CCN(CC)C(=O)C(Nc1ccc(C)c(F)c1)c1ccccc1. The lowest BCUT2D eigenvalue weighted by Gasteiger charge is -2.27. The summed E-state index contributed by atoms with van der Waals surface area (Å²) in [5.41, 5.74) is 2.05. The van der Waals surface area contributed by atoms with Crippen LogP contribution in [0.5, 0.6) is 0 Å². The van der Waals surface area contributed by atoms with Crippen LogP contribution in [0.3, 0.4) is 0 Å². The van der Waals surface area contributed by atoms with Crippen molar-refractivity contribution < 1.29 is 9.18 Å². The molecule has 0 spiro atoms. The summed E-state index contributed by atoms with van der Waals surface area (Å²) >= 11 is 0. The zero-order valence-electron chi connectivity index (χ0n) is 13.8. The molecule has 1 amide bonds. The molecular weight excluding hydrogens is 291 g/mol. The van der Waals surface area contributed by atoms with Gasteiger partial charge in [-0.3, -0.25) is 4.79 Å². The lowest BCUT2D eigenvalue weighted by Crippen LogP contribution is -2.37. The van der Waals surface area contributed by atoms with Gasteiger partial charge in [0.15, 0.2) is 0 Å². The summed E-state index contributed by atoms with van der Waals surface area (Å²) in [6, 6.07) is 13.9. The molecule has 0 aliphatic carbocycles. The first-order valence-electron chi connectivity index (χ1n) is 7.93. The van der Waals surface area contributed by atoms with E-state index in [0.29, 0.717) is 24.3 Å². The molecule has 3 nitrogen and oxygen atoms in total. The first kappa shape index (κ1) is 17.0. The van der Waals surface area contributed by atoms with Crippen LogP contribution in [0.2, 0.25) is 0 Å². The Labute approximate surface area is 137 Å². The van der Waals surface area contributed by atoms with Gasteiger partial charge in [-0.1, -0.05) is 36.4 Å². The minimum atomic E-state index is -0.529. The maximum Gasteiger partial charge on any atom is 0.249 e. The number of carbonyl (C=O) groups excluding carboxylic acids is 1. The predicted molar refractivity (Wildman–Crippen MR) is 91.9 cm³/mol. The minimum absolute atomic E-state index is 0.0119. The number of rotatable bonds is 6. The van der Waals surface area contributed by atoms with Crippen LogP contribution < -0.4 is 5.32 Å². The molecule has 0 aliphatic rings. The molecule has 2 rings (SSSR count). The van der Waals surface area contributed by atoms with E-state index >= 15 is 0 Å². The number of likely N-dealkylation sites (N-methyl/N-ethyl adjacent to an activating group) is 1. The molecule has 0 bridgehead atoms. The summed E-state index contributed by atoms with van der Waals surface area (Å²) in [4.78, 5) is 14.6. The van der Waals surface area contributed by atoms with E-state index in [1.807, 2.05) is 44.2 Å². The number of anilines is 1. The fourth-order valence-electron chi connectivity index (χ4n) is 2.50. The van der Waals surface area contributed by atoms with Crippen molar-refractivity contribution >= 4 is 11.6 Å². The second-order valence-corrected chi connectivity index (χ2v) is 5.46. The summed E-state index contributed by atoms with van der Waals surface area (Å²) < 4.78 is 13.8. The van der Waals surface area contributed by atoms with Gasteiger partial charge in [-0.05, 0) is 44.0 Å². The fourth-order valence-corrected chi connectivity index (χ4v) is 2.50. The van der Waals surface area contributed by atoms with Gasteiger partial charge in [0.2, 0.25) is 5.91 Å². The molecule has 1 N–H and O–H groups in total. The maximum absolute atomic E-state index is 13.8. The van der Waals surface area contributed by atoms with Gasteiger partial charge in [-0.2, -0.15) is 0 Å². The first-order chi connectivity index (χ1) is 11.1. The third-order valence-electron chi connectivity index (χ3n) is 3.94. The molecule has 0 heterocycles. The number of carbonyl (C=O) groups is 1. The number of hydrogen-bond acceptors (Lipinski definition) is 2. The van der Waals surface area contributed by atoms with E-state index in [9.17, 15) is 9.18 Å². The Kier molecular flexibility index (Phi) is 5.74. The predicted octanol–water partition coefficient (Wildman–Crippen LogP) is 4.16. The van der Waals surface area contributed by atoms with Crippen molar-refractivity contribution in [3.63, 3.8) is 0 Å². The van der Waals surface area contributed by atoms with Gasteiger partial charge >= 0.3 is 0 Å². The van der Waals surface area contributed by atoms with Crippen LogP contribution in [-0.2, 0) is 4.79 Å². The van der Waals surface area contributed by atoms with Gasteiger partial charge in [0.25, 0.3) is 0 Å². The molecule has 4 heteroatoms. The van der Waals surface area contributed by atoms with Gasteiger partial charge in [0, 0.05) is 18.8 Å². The Balaban J connectivity index is 2.33. The first-order valence-corrected chi connectivity index (χ1v) is 7.93. The molecule has 0 fully saturated rings. The van der Waals surface area contributed by atoms with E-state index in [2.05, 4.69) is 5.32 Å². The molecule has 0 saturated carbocycles. The molecule has 1 atom stereocenters. The highest BCUT2D eigenvalue weighted by atomic mass is 19.1. The monoisotopic (exact) mass is 314 g/mol. The van der Waals surface area contributed by atoms with Crippen LogP contribution in [0.4, 0.5) is 10.1 Å². The Morgan fingerprint density at radius 3 is 2.35 bits per heavy atom. The highest BCUT2D eigenvalue weighted by Crippen LogP contribution is 2.23. The molecular formula is C19H23FN2O. The molecule has 23 heavy (non-hydrogen) atoms. The Morgan fingerprint density at radius 2 is 1.78 bits per heavy atom. The molecule has 2 aromatic carbocycles. The Bertz CT molecular complexity index is 654. The van der Waals surface area contributed by atoms with E-state index in [1.165, 1.54) is 6.07 Å². The molecule has 0 saturated heterocycles. The van der Waals surface area contributed by atoms with Gasteiger partial charge in [-0.25, -0.2) is 4.39 Å². The number of halogens is 1. The van der Waals surface area contributed by atoms with Crippen LogP contribution in [0, 0.1) is 12.7 Å². The minimum Gasteiger partial charge on any atom is -0.370 e. The molecule has 0 aromatic heterocycles. The van der Waals surface area contributed by atoms with E-state index < -0.39 is 6.04 Å². The van der Waals surface area contributed by atoms with E-state index in [1.54, 1.807) is 24.0 Å². The Hall–Kier alpha value is -2.36. The molecule has 1 unspecified atom stereocenters. The van der Waals surface area contributed by atoms with Gasteiger partial charge in [0.1, 0.15) is 11.9 Å². The fraction of sp³-hybridized carbons (Fsp3) is 0.316. The normalized spacial score (nSPS) is 11.8. The van der Waals surface area contributed by atoms with E-state index in [4.69, 9.17) is 0 Å². The Morgan fingerprint density at radius 1 is 1.13 bits per heavy atom. The second-order valence-electron chi connectivity index (χ2n) is 5.46. The number of nitrogens with one attached hydrogen (secondary N) is 1.